The van der Waals surface area contributed by atoms with Crippen LogP contribution in [0.15, 0.2) is 54.6 Å². The molecule has 5 nitrogen and oxygen atoms in total. The summed E-state index contributed by atoms with van der Waals surface area (Å²) >= 11 is 0. The molecule has 0 saturated heterocycles. The van der Waals surface area contributed by atoms with Crippen molar-refractivity contribution in [3.8, 4) is 17.2 Å². The van der Waals surface area contributed by atoms with E-state index in [0.29, 0.717) is 17.9 Å². The lowest BCUT2D eigenvalue weighted by molar-refractivity contribution is -0.128. The summed E-state index contributed by atoms with van der Waals surface area (Å²) in [4.78, 5) is 11.5. The van der Waals surface area contributed by atoms with Gasteiger partial charge < -0.3 is 9.47 Å². The molecule has 21 heavy (non-hydrogen) atoms. The average Bonchev–Trinajstić information content (AvgIpc) is 2.53. The fourth-order valence-electron chi connectivity index (χ4n) is 1.82. The first-order chi connectivity index (χ1) is 10.2. The number of hydrazine groups is 1. The van der Waals surface area contributed by atoms with Crippen molar-refractivity contribution in [2.75, 3.05) is 0 Å². The summed E-state index contributed by atoms with van der Waals surface area (Å²) in [6.07, 6.45) is -0.103. The van der Waals surface area contributed by atoms with Crippen molar-refractivity contribution in [1.29, 1.82) is 0 Å². The highest BCUT2D eigenvalue weighted by atomic mass is 16.5. The fourth-order valence-corrected chi connectivity index (χ4v) is 1.82. The normalized spacial score (nSPS) is 11.5. The monoisotopic (exact) mass is 286 g/mol. The molecule has 0 radical (unpaired) electrons. The minimum Gasteiger partial charge on any atom is -0.480 e. The van der Waals surface area contributed by atoms with Gasteiger partial charge in [-0.2, -0.15) is 0 Å². The lowest BCUT2D eigenvalue weighted by Gasteiger charge is -2.16. The minimum atomic E-state index is -0.623. The first-order valence-electron chi connectivity index (χ1n) is 6.73. The largest absolute Gasteiger partial charge is 0.480 e. The molecule has 0 aliphatic rings. The summed E-state index contributed by atoms with van der Waals surface area (Å²) in [6.45, 7) is 1.85. The van der Waals surface area contributed by atoms with Crippen molar-refractivity contribution in [3.63, 3.8) is 0 Å². The zero-order valence-corrected chi connectivity index (χ0v) is 11.8. The van der Waals surface area contributed by atoms with Crippen molar-refractivity contribution >= 4 is 5.91 Å². The van der Waals surface area contributed by atoms with E-state index in [9.17, 15) is 4.79 Å². The Morgan fingerprint density at radius 2 is 1.76 bits per heavy atom. The molecule has 110 valence electrons. The second kappa shape index (κ2) is 7.31. The van der Waals surface area contributed by atoms with Gasteiger partial charge in [-0.25, -0.2) is 5.84 Å². The number of carbonyl (C=O) groups excluding carboxylic acids is 1. The number of amides is 1. The molecule has 0 aliphatic carbocycles. The quantitative estimate of drug-likeness (QED) is 0.486. The average molecular weight is 286 g/mol. The first kappa shape index (κ1) is 14.9. The smallest absolute Gasteiger partial charge is 0.274 e. The third kappa shape index (κ3) is 4.22. The van der Waals surface area contributed by atoms with Crippen molar-refractivity contribution in [3.05, 3.63) is 54.6 Å². The van der Waals surface area contributed by atoms with Crippen LogP contribution in [0.2, 0.25) is 0 Å². The number of nitrogens with one attached hydrogen (secondary N) is 1. The maximum Gasteiger partial charge on any atom is 0.274 e. The first-order valence-corrected chi connectivity index (χ1v) is 6.73. The van der Waals surface area contributed by atoms with Gasteiger partial charge in [0.2, 0.25) is 0 Å². The topological polar surface area (TPSA) is 73.6 Å². The SMILES string of the molecule is CCC(Oc1cccc(Oc2ccccc2)c1)C(=O)NN. The van der Waals surface area contributed by atoms with E-state index in [1.54, 1.807) is 18.2 Å². The molecule has 1 unspecified atom stereocenters. The van der Waals surface area contributed by atoms with Gasteiger partial charge in [-0.15, -0.1) is 0 Å². The molecule has 0 fully saturated rings. The van der Waals surface area contributed by atoms with Gasteiger partial charge in [-0.3, -0.25) is 10.2 Å². The van der Waals surface area contributed by atoms with Crippen molar-refractivity contribution in [2.45, 2.75) is 19.4 Å². The molecule has 1 atom stereocenters. The lowest BCUT2D eigenvalue weighted by atomic mass is 10.2. The van der Waals surface area contributed by atoms with Crippen molar-refractivity contribution in [2.24, 2.45) is 5.84 Å². The predicted molar refractivity (Wildman–Crippen MR) is 80.0 cm³/mol. The zero-order chi connectivity index (χ0) is 15.1. The van der Waals surface area contributed by atoms with Gasteiger partial charge in [0.1, 0.15) is 17.2 Å². The Morgan fingerprint density at radius 3 is 2.43 bits per heavy atom. The summed E-state index contributed by atoms with van der Waals surface area (Å²) in [5, 5.41) is 0. The van der Waals surface area contributed by atoms with E-state index in [-0.39, 0.29) is 5.91 Å². The number of hydrogen-bond donors (Lipinski definition) is 2. The molecule has 0 aliphatic heterocycles. The van der Waals surface area contributed by atoms with Gasteiger partial charge in [0.25, 0.3) is 5.91 Å². The molecule has 1 amide bonds. The summed E-state index contributed by atoms with van der Waals surface area (Å²) < 4.78 is 11.3. The summed E-state index contributed by atoms with van der Waals surface area (Å²) in [7, 11) is 0. The predicted octanol–water partition coefficient (Wildman–Crippen LogP) is 2.63. The van der Waals surface area contributed by atoms with Gasteiger partial charge in [0, 0.05) is 6.07 Å². The number of benzene rings is 2. The Morgan fingerprint density at radius 1 is 1.10 bits per heavy atom. The molecule has 0 bridgehead atoms. The van der Waals surface area contributed by atoms with Crippen LogP contribution < -0.4 is 20.7 Å². The Hall–Kier alpha value is -2.53. The maximum atomic E-state index is 11.5. The number of hydrogen-bond acceptors (Lipinski definition) is 4. The second-order valence-electron chi connectivity index (χ2n) is 4.41. The van der Waals surface area contributed by atoms with Crippen LogP contribution in [0, 0.1) is 0 Å². The number of nitrogens with two attached hydrogens (primary N) is 1. The van der Waals surface area contributed by atoms with E-state index >= 15 is 0 Å². The molecule has 2 aromatic carbocycles. The maximum absolute atomic E-state index is 11.5. The van der Waals surface area contributed by atoms with Crippen LogP contribution in [0.25, 0.3) is 0 Å². The summed E-state index contributed by atoms with van der Waals surface area (Å²) in [6, 6.07) is 16.6. The van der Waals surface area contributed by atoms with E-state index in [1.165, 1.54) is 0 Å². The van der Waals surface area contributed by atoms with E-state index in [1.807, 2.05) is 43.3 Å². The van der Waals surface area contributed by atoms with Crippen LogP contribution in [0.3, 0.4) is 0 Å². The molecule has 0 heterocycles. The van der Waals surface area contributed by atoms with Gasteiger partial charge in [-0.05, 0) is 30.7 Å². The van der Waals surface area contributed by atoms with Gasteiger partial charge >= 0.3 is 0 Å². The number of rotatable bonds is 6. The van der Waals surface area contributed by atoms with Gasteiger partial charge in [0.15, 0.2) is 6.10 Å². The molecule has 5 heteroatoms. The van der Waals surface area contributed by atoms with E-state index in [4.69, 9.17) is 15.3 Å². The van der Waals surface area contributed by atoms with Gasteiger partial charge in [0.05, 0.1) is 0 Å². The van der Waals surface area contributed by atoms with Gasteiger partial charge in [-0.1, -0.05) is 31.2 Å². The Kier molecular flexibility index (Phi) is 5.17. The molecule has 3 N–H and O–H groups in total. The van der Waals surface area contributed by atoms with E-state index in [2.05, 4.69) is 5.43 Å². The van der Waals surface area contributed by atoms with Crippen LogP contribution in [0.1, 0.15) is 13.3 Å². The van der Waals surface area contributed by atoms with Crippen LogP contribution >= 0.6 is 0 Å². The Balaban J connectivity index is 2.08. The number of carbonyl (C=O) groups is 1. The highest BCUT2D eigenvalue weighted by Crippen LogP contribution is 2.25. The zero-order valence-electron chi connectivity index (χ0n) is 11.8. The minimum absolute atomic E-state index is 0.355. The number of para-hydroxylation sites is 1. The summed E-state index contributed by atoms with van der Waals surface area (Å²) in [5.41, 5.74) is 2.10. The number of ether oxygens (including phenoxy) is 2. The highest BCUT2D eigenvalue weighted by Gasteiger charge is 2.17. The molecular weight excluding hydrogens is 268 g/mol. The molecule has 0 aromatic heterocycles. The van der Waals surface area contributed by atoms with Crippen LogP contribution in [0.4, 0.5) is 0 Å². The molecule has 2 aromatic rings. The van der Waals surface area contributed by atoms with Crippen LogP contribution in [-0.4, -0.2) is 12.0 Å². The fraction of sp³-hybridized carbons (Fsp3) is 0.188. The van der Waals surface area contributed by atoms with E-state index < -0.39 is 6.10 Å². The molecule has 2 rings (SSSR count). The second-order valence-corrected chi connectivity index (χ2v) is 4.41. The standard InChI is InChI=1S/C16H18N2O3/c1-2-15(16(19)18-17)21-14-10-6-9-13(11-14)20-12-7-4-3-5-8-12/h3-11,15H,2,17H2,1H3,(H,18,19). The summed E-state index contributed by atoms with van der Waals surface area (Å²) in [5.74, 6) is 6.71. The van der Waals surface area contributed by atoms with Crippen LogP contribution in [-0.2, 0) is 4.79 Å². The Bertz CT molecular complexity index is 587. The third-order valence-corrected chi connectivity index (χ3v) is 2.87. The van der Waals surface area contributed by atoms with Crippen molar-refractivity contribution in [1.82, 2.24) is 5.43 Å². The lowest BCUT2D eigenvalue weighted by Crippen LogP contribution is -2.41. The molecular formula is C16H18N2O3. The third-order valence-electron chi connectivity index (χ3n) is 2.87. The Labute approximate surface area is 123 Å². The van der Waals surface area contributed by atoms with Crippen LogP contribution in [0.5, 0.6) is 17.2 Å². The highest BCUT2D eigenvalue weighted by molar-refractivity contribution is 5.80. The van der Waals surface area contributed by atoms with Crippen molar-refractivity contribution < 1.29 is 14.3 Å². The molecule has 0 saturated carbocycles. The molecule has 0 spiro atoms. The van der Waals surface area contributed by atoms with E-state index in [0.717, 1.165) is 5.75 Å².